The first-order chi connectivity index (χ1) is 7.77. The molecule has 0 radical (unpaired) electrons. The monoisotopic (exact) mass is 220 g/mol. The fraction of sp³-hybridized carbons (Fsp3) is 0.571. The summed E-state index contributed by atoms with van der Waals surface area (Å²) in [7, 11) is 0. The largest absolute Gasteiger partial charge is 0.350 e. The number of ether oxygens (including phenoxy) is 2. The highest BCUT2D eigenvalue weighted by Gasteiger charge is 2.24. The van der Waals surface area contributed by atoms with Crippen molar-refractivity contribution in [3.05, 3.63) is 35.9 Å². The molecular formula is C14H20O2. The van der Waals surface area contributed by atoms with Gasteiger partial charge in [0.25, 0.3) is 0 Å². The Bertz CT molecular complexity index is 304. The third-order valence-corrected chi connectivity index (χ3v) is 3.21. The summed E-state index contributed by atoms with van der Waals surface area (Å²) in [5.41, 5.74) is 1.40. The van der Waals surface area contributed by atoms with Crippen LogP contribution in [0.3, 0.4) is 0 Å². The van der Waals surface area contributed by atoms with Crippen molar-refractivity contribution in [3.63, 3.8) is 0 Å². The van der Waals surface area contributed by atoms with Gasteiger partial charge in [0.2, 0.25) is 0 Å². The van der Waals surface area contributed by atoms with Gasteiger partial charge in [-0.05, 0) is 17.9 Å². The highest BCUT2D eigenvalue weighted by atomic mass is 16.7. The van der Waals surface area contributed by atoms with Crippen molar-refractivity contribution in [3.8, 4) is 0 Å². The highest BCUT2D eigenvalue weighted by Crippen LogP contribution is 2.27. The normalized spacial score (nSPS) is 20.9. The van der Waals surface area contributed by atoms with Gasteiger partial charge in [-0.25, -0.2) is 0 Å². The number of hydrogen-bond donors (Lipinski definition) is 0. The summed E-state index contributed by atoms with van der Waals surface area (Å²) in [5.74, 6) is 1.02. The molecule has 0 spiro atoms. The van der Waals surface area contributed by atoms with Gasteiger partial charge in [-0.15, -0.1) is 0 Å². The molecule has 2 atom stereocenters. The van der Waals surface area contributed by atoms with E-state index in [-0.39, 0.29) is 6.29 Å². The van der Waals surface area contributed by atoms with Crippen molar-refractivity contribution in [1.82, 2.24) is 0 Å². The quantitative estimate of drug-likeness (QED) is 0.776. The van der Waals surface area contributed by atoms with Gasteiger partial charge in [0, 0.05) is 5.92 Å². The van der Waals surface area contributed by atoms with E-state index >= 15 is 0 Å². The van der Waals surface area contributed by atoms with E-state index in [4.69, 9.17) is 9.47 Å². The van der Waals surface area contributed by atoms with Crippen LogP contribution in [0.4, 0.5) is 0 Å². The second-order valence-corrected chi connectivity index (χ2v) is 4.63. The van der Waals surface area contributed by atoms with Gasteiger partial charge in [0.15, 0.2) is 6.29 Å². The molecule has 2 rings (SSSR count). The van der Waals surface area contributed by atoms with Crippen molar-refractivity contribution < 1.29 is 9.47 Å². The van der Waals surface area contributed by atoms with Crippen molar-refractivity contribution in [2.24, 2.45) is 5.92 Å². The summed E-state index contributed by atoms with van der Waals surface area (Å²) in [4.78, 5) is 0. The summed E-state index contributed by atoms with van der Waals surface area (Å²) >= 11 is 0. The molecule has 1 heterocycles. The minimum absolute atomic E-state index is 0.00571. The Morgan fingerprint density at radius 2 is 1.75 bits per heavy atom. The molecule has 0 N–H and O–H groups in total. The molecule has 2 unspecified atom stereocenters. The fourth-order valence-corrected chi connectivity index (χ4v) is 2.29. The molecule has 1 aliphatic heterocycles. The van der Waals surface area contributed by atoms with Crippen molar-refractivity contribution in [1.29, 1.82) is 0 Å². The van der Waals surface area contributed by atoms with Crippen LogP contribution in [-0.4, -0.2) is 19.5 Å². The molecule has 2 nitrogen and oxygen atoms in total. The van der Waals surface area contributed by atoms with Gasteiger partial charge in [0.1, 0.15) is 0 Å². The molecule has 1 aromatic rings. The predicted molar refractivity (Wildman–Crippen MR) is 64.3 cm³/mol. The van der Waals surface area contributed by atoms with Crippen molar-refractivity contribution in [2.75, 3.05) is 13.2 Å². The van der Waals surface area contributed by atoms with Gasteiger partial charge < -0.3 is 9.47 Å². The molecule has 1 aliphatic rings. The average molecular weight is 220 g/mol. The first-order valence-corrected chi connectivity index (χ1v) is 6.05. The van der Waals surface area contributed by atoms with E-state index in [9.17, 15) is 0 Å². The average Bonchev–Trinajstić information content (AvgIpc) is 2.83. The maximum Gasteiger partial charge on any atom is 0.160 e. The number of benzene rings is 1. The van der Waals surface area contributed by atoms with Gasteiger partial charge in [0.05, 0.1) is 13.2 Å². The number of hydrogen-bond acceptors (Lipinski definition) is 2. The zero-order valence-corrected chi connectivity index (χ0v) is 10.1. The van der Waals surface area contributed by atoms with Crippen LogP contribution in [0.15, 0.2) is 30.3 Å². The van der Waals surface area contributed by atoms with Gasteiger partial charge >= 0.3 is 0 Å². The number of rotatable bonds is 4. The lowest BCUT2D eigenvalue weighted by molar-refractivity contribution is -0.0814. The van der Waals surface area contributed by atoms with E-state index in [2.05, 4.69) is 44.2 Å². The van der Waals surface area contributed by atoms with E-state index in [1.807, 2.05) is 0 Å². The maximum atomic E-state index is 5.53. The fourth-order valence-electron chi connectivity index (χ4n) is 2.29. The zero-order chi connectivity index (χ0) is 11.4. The molecule has 16 heavy (non-hydrogen) atoms. The Morgan fingerprint density at radius 3 is 2.38 bits per heavy atom. The molecule has 88 valence electrons. The molecule has 0 amide bonds. The summed E-state index contributed by atoms with van der Waals surface area (Å²) in [6.45, 7) is 5.96. The van der Waals surface area contributed by atoms with Crippen LogP contribution in [0, 0.1) is 5.92 Å². The second-order valence-electron chi connectivity index (χ2n) is 4.63. The molecule has 1 aromatic carbocycles. The minimum Gasteiger partial charge on any atom is -0.350 e. The van der Waals surface area contributed by atoms with Crippen molar-refractivity contribution in [2.45, 2.75) is 32.5 Å². The smallest absolute Gasteiger partial charge is 0.160 e. The van der Waals surface area contributed by atoms with Gasteiger partial charge in [-0.1, -0.05) is 44.2 Å². The van der Waals surface area contributed by atoms with Crippen LogP contribution in [0.5, 0.6) is 0 Å². The third kappa shape index (κ3) is 2.83. The lowest BCUT2D eigenvalue weighted by Crippen LogP contribution is -2.20. The van der Waals surface area contributed by atoms with E-state index < -0.39 is 0 Å². The summed E-state index contributed by atoms with van der Waals surface area (Å²) in [5, 5.41) is 0. The Morgan fingerprint density at radius 1 is 1.12 bits per heavy atom. The van der Waals surface area contributed by atoms with Crippen LogP contribution in [0.2, 0.25) is 0 Å². The Kier molecular flexibility index (Phi) is 3.97. The summed E-state index contributed by atoms with van der Waals surface area (Å²) < 4.78 is 11.1. The van der Waals surface area contributed by atoms with E-state index in [1.165, 1.54) is 5.56 Å². The lowest BCUT2D eigenvalue weighted by atomic mass is 9.91. The van der Waals surface area contributed by atoms with Crippen LogP contribution >= 0.6 is 0 Å². The molecule has 1 fully saturated rings. The Labute approximate surface area is 97.6 Å². The van der Waals surface area contributed by atoms with Gasteiger partial charge in [-0.3, -0.25) is 0 Å². The Hall–Kier alpha value is -0.860. The molecule has 0 bridgehead atoms. The highest BCUT2D eigenvalue weighted by molar-refractivity contribution is 5.18. The first kappa shape index (κ1) is 11.6. The topological polar surface area (TPSA) is 18.5 Å². The second kappa shape index (κ2) is 5.46. The molecular weight excluding hydrogens is 200 g/mol. The lowest BCUT2D eigenvalue weighted by Gasteiger charge is -2.21. The van der Waals surface area contributed by atoms with Crippen LogP contribution in [0.25, 0.3) is 0 Å². The van der Waals surface area contributed by atoms with Gasteiger partial charge in [-0.2, -0.15) is 0 Å². The summed E-state index contributed by atoms with van der Waals surface area (Å²) in [6.07, 6.45) is 1.11. The van der Waals surface area contributed by atoms with Crippen LogP contribution in [0.1, 0.15) is 31.7 Å². The van der Waals surface area contributed by atoms with E-state index in [0.717, 1.165) is 19.6 Å². The predicted octanol–water partition coefficient (Wildman–Crippen LogP) is 3.19. The minimum atomic E-state index is 0.00571. The standard InChI is InChI=1S/C14H20O2/c1-11(13-6-4-3-5-7-13)10-12(2)14-15-8-9-16-14/h3-7,11-12,14H,8-10H2,1-2H3. The first-order valence-electron chi connectivity index (χ1n) is 6.05. The SMILES string of the molecule is CC(CC(C)C1OCCO1)c1ccccc1. The summed E-state index contributed by atoms with van der Waals surface area (Å²) in [6, 6.07) is 10.6. The maximum absolute atomic E-state index is 5.53. The molecule has 0 saturated carbocycles. The molecule has 0 aliphatic carbocycles. The molecule has 1 saturated heterocycles. The van der Waals surface area contributed by atoms with Crippen LogP contribution in [-0.2, 0) is 9.47 Å². The van der Waals surface area contributed by atoms with Crippen molar-refractivity contribution >= 4 is 0 Å². The molecule has 2 heteroatoms. The zero-order valence-electron chi connectivity index (χ0n) is 10.1. The Balaban J connectivity index is 1.89. The van der Waals surface area contributed by atoms with Crippen LogP contribution < -0.4 is 0 Å². The third-order valence-electron chi connectivity index (χ3n) is 3.21. The van der Waals surface area contributed by atoms with E-state index in [1.54, 1.807) is 0 Å². The molecule has 0 aromatic heterocycles. The van der Waals surface area contributed by atoms with E-state index in [0.29, 0.717) is 11.8 Å².